The first kappa shape index (κ1) is 29.7. The minimum absolute atomic E-state index is 0.575. The quantitative estimate of drug-likeness (QED) is 0.145. The Kier molecular flexibility index (Phi) is 17.5. The van der Waals surface area contributed by atoms with Gasteiger partial charge in [-0.3, -0.25) is 0 Å². The second-order valence-corrected chi connectivity index (χ2v) is 10.9. The lowest BCUT2D eigenvalue weighted by atomic mass is 9.85. The van der Waals surface area contributed by atoms with Gasteiger partial charge in [0.05, 0.1) is 6.33 Å². The Morgan fingerprint density at radius 1 is 0.629 bits per heavy atom. The van der Waals surface area contributed by atoms with Crippen LogP contribution in [0, 0.1) is 5.92 Å². The third-order valence-corrected chi connectivity index (χ3v) is 7.82. The van der Waals surface area contributed by atoms with Crippen LogP contribution in [0.15, 0.2) is 49.1 Å². The fourth-order valence-corrected chi connectivity index (χ4v) is 5.63. The van der Waals surface area contributed by atoms with Crippen LogP contribution in [0.4, 0.5) is 0 Å². The van der Waals surface area contributed by atoms with Gasteiger partial charge < -0.3 is 4.57 Å². The summed E-state index contributed by atoms with van der Waals surface area (Å²) in [6.07, 6.45) is 34.0. The van der Waals surface area contributed by atoms with E-state index in [1.165, 1.54) is 134 Å². The molecule has 0 fully saturated rings. The standard InChI is InChI=1S/C33H56N2/c1-3-5-7-8-9-10-11-12-13-14-15-16-17-18-22-26-33(35-28-27-34-30-35)32(25-6-4-2)29-31-23-20-19-21-24-31/h19-21,23-24,27-28,30,32-33H,3-18,22,25-26,29H2,1-2H3. The summed E-state index contributed by atoms with van der Waals surface area (Å²) < 4.78 is 2.41. The first-order valence-corrected chi connectivity index (χ1v) is 15.4. The van der Waals surface area contributed by atoms with Crippen LogP contribution in [-0.2, 0) is 6.42 Å². The third kappa shape index (κ3) is 13.9. The van der Waals surface area contributed by atoms with E-state index in [0.29, 0.717) is 12.0 Å². The van der Waals surface area contributed by atoms with E-state index in [9.17, 15) is 0 Å². The predicted molar refractivity (Wildman–Crippen MR) is 154 cm³/mol. The Morgan fingerprint density at radius 2 is 1.17 bits per heavy atom. The van der Waals surface area contributed by atoms with Crippen LogP contribution < -0.4 is 0 Å². The van der Waals surface area contributed by atoms with Crippen LogP contribution >= 0.6 is 0 Å². The van der Waals surface area contributed by atoms with Crippen molar-refractivity contribution in [3.8, 4) is 0 Å². The van der Waals surface area contributed by atoms with E-state index in [-0.39, 0.29) is 0 Å². The van der Waals surface area contributed by atoms with Gasteiger partial charge in [0.15, 0.2) is 0 Å². The number of imidazole rings is 1. The van der Waals surface area contributed by atoms with Crippen LogP contribution in [0.3, 0.4) is 0 Å². The van der Waals surface area contributed by atoms with E-state index in [1.807, 2.05) is 6.20 Å². The van der Waals surface area contributed by atoms with Gasteiger partial charge in [0, 0.05) is 18.4 Å². The van der Waals surface area contributed by atoms with E-state index < -0.39 is 0 Å². The van der Waals surface area contributed by atoms with Crippen molar-refractivity contribution in [3.05, 3.63) is 54.6 Å². The molecular formula is C33H56N2. The number of unbranched alkanes of at least 4 members (excludes halogenated alkanes) is 15. The maximum atomic E-state index is 4.40. The normalized spacial score (nSPS) is 13.2. The molecule has 2 nitrogen and oxygen atoms in total. The molecule has 1 aromatic carbocycles. The fourth-order valence-electron chi connectivity index (χ4n) is 5.63. The molecule has 0 saturated carbocycles. The molecule has 2 rings (SSSR count). The SMILES string of the molecule is CCCCCCCCCCCCCCCCCC(C(CCCC)Cc1ccccc1)n1ccnc1. The van der Waals surface area contributed by atoms with Crippen molar-refractivity contribution in [2.45, 2.75) is 148 Å². The van der Waals surface area contributed by atoms with Crippen LogP contribution in [0.1, 0.15) is 147 Å². The van der Waals surface area contributed by atoms with Crippen molar-refractivity contribution >= 4 is 0 Å². The van der Waals surface area contributed by atoms with Gasteiger partial charge in [-0.1, -0.05) is 153 Å². The van der Waals surface area contributed by atoms with Gasteiger partial charge in [0.2, 0.25) is 0 Å². The summed E-state index contributed by atoms with van der Waals surface area (Å²) in [7, 11) is 0. The molecule has 2 aromatic rings. The van der Waals surface area contributed by atoms with E-state index in [0.717, 1.165) is 0 Å². The zero-order chi connectivity index (χ0) is 24.8. The van der Waals surface area contributed by atoms with Crippen LogP contribution in [0.5, 0.6) is 0 Å². The van der Waals surface area contributed by atoms with Crippen molar-refractivity contribution in [2.75, 3.05) is 0 Å². The number of hydrogen-bond donors (Lipinski definition) is 0. The van der Waals surface area contributed by atoms with Crippen LogP contribution in [-0.4, -0.2) is 9.55 Å². The number of aromatic nitrogens is 2. The molecule has 0 radical (unpaired) electrons. The zero-order valence-electron chi connectivity index (χ0n) is 23.3. The molecule has 0 aliphatic carbocycles. The lowest BCUT2D eigenvalue weighted by molar-refractivity contribution is 0.277. The van der Waals surface area contributed by atoms with E-state index >= 15 is 0 Å². The Bertz CT molecular complexity index is 678. The number of benzene rings is 1. The van der Waals surface area contributed by atoms with E-state index in [1.54, 1.807) is 0 Å². The Morgan fingerprint density at radius 3 is 1.69 bits per heavy atom. The molecule has 35 heavy (non-hydrogen) atoms. The Hall–Kier alpha value is -1.57. The van der Waals surface area contributed by atoms with Crippen molar-refractivity contribution in [1.29, 1.82) is 0 Å². The first-order valence-electron chi connectivity index (χ1n) is 15.4. The van der Waals surface area contributed by atoms with Crippen molar-refractivity contribution in [3.63, 3.8) is 0 Å². The minimum Gasteiger partial charge on any atom is -0.334 e. The highest BCUT2D eigenvalue weighted by Crippen LogP contribution is 2.32. The van der Waals surface area contributed by atoms with Gasteiger partial charge in [-0.2, -0.15) is 0 Å². The molecular weight excluding hydrogens is 424 g/mol. The van der Waals surface area contributed by atoms with Gasteiger partial charge in [-0.15, -0.1) is 0 Å². The second kappa shape index (κ2) is 20.6. The van der Waals surface area contributed by atoms with Gasteiger partial charge in [0.1, 0.15) is 0 Å². The second-order valence-electron chi connectivity index (χ2n) is 10.9. The zero-order valence-corrected chi connectivity index (χ0v) is 23.3. The van der Waals surface area contributed by atoms with Gasteiger partial charge in [-0.25, -0.2) is 4.98 Å². The monoisotopic (exact) mass is 480 g/mol. The summed E-state index contributed by atoms with van der Waals surface area (Å²) in [6, 6.07) is 11.7. The molecule has 2 heteroatoms. The summed E-state index contributed by atoms with van der Waals surface area (Å²) >= 11 is 0. The topological polar surface area (TPSA) is 17.8 Å². The lowest BCUT2D eigenvalue weighted by Gasteiger charge is -2.29. The molecule has 0 spiro atoms. The van der Waals surface area contributed by atoms with E-state index in [4.69, 9.17) is 0 Å². The molecule has 1 aromatic heterocycles. The summed E-state index contributed by atoms with van der Waals surface area (Å²) in [5, 5.41) is 0. The molecule has 0 N–H and O–H groups in total. The minimum atomic E-state index is 0.575. The average molecular weight is 481 g/mol. The number of hydrogen-bond acceptors (Lipinski definition) is 1. The number of nitrogens with zero attached hydrogens (tertiary/aromatic N) is 2. The van der Waals surface area contributed by atoms with Crippen molar-refractivity contribution in [1.82, 2.24) is 9.55 Å². The Balaban J connectivity index is 1.62. The highest BCUT2D eigenvalue weighted by molar-refractivity contribution is 5.15. The number of rotatable bonds is 23. The molecule has 0 amide bonds. The molecule has 2 atom stereocenters. The summed E-state index contributed by atoms with van der Waals surface area (Å²) in [4.78, 5) is 4.40. The molecule has 198 valence electrons. The summed E-state index contributed by atoms with van der Waals surface area (Å²) in [5.74, 6) is 0.693. The Labute approximate surface area is 218 Å². The fraction of sp³-hybridized carbons (Fsp3) is 0.727. The first-order chi connectivity index (χ1) is 17.3. The molecule has 0 saturated heterocycles. The molecule has 0 bridgehead atoms. The van der Waals surface area contributed by atoms with Gasteiger partial charge >= 0.3 is 0 Å². The highest BCUT2D eigenvalue weighted by atomic mass is 15.1. The van der Waals surface area contributed by atoms with Gasteiger partial charge in [0.25, 0.3) is 0 Å². The average Bonchev–Trinajstić information content (AvgIpc) is 3.42. The maximum Gasteiger partial charge on any atom is 0.0948 e. The van der Waals surface area contributed by atoms with Gasteiger partial charge in [-0.05, 0) is 30.7 Å². The molecule has 1 heterocycles. The van der Waals surface area contributed by atoms with Crippen molar-refractivity contribution in [2.24, 2.45) is 5.92 Å². The lowest BCUT2D eigenvalue weighted by Crippen LogP contribution is -2.21. The van der Waals surface area contributed by atoms with Crippen LogP contribution in [0.25, 0.3) is 0 Å². The predicted octanol–water partition coefficient (Wildman–Crippen LogP) is 10.7. The summed E-state index contributed by atoms with van der Waals surface area (Å²) in [5.41, 5.74) is 1.48. The summed E-state index contributed by atoms with van der Waals surface area (Å²) in [6.45, 7) is 4.62. The molecule has 2 unspecified atom stereocenters. The van der Waals surface area contributed by atoms with E-state index in [2.05, 4.69) is 66.3 Å². The third-order valence-electron chi connectivity index (χ3n) is 7.82. The molecule has 0 aliphatic rings. The maximum absolute atomic E-state index is 4.40. The molecule has 0 aliphatic heterocycles. The van der Waals surface area contributed by atoms with Crippen molar-refractivity contribution < 1.29 is 0 Å². The highest BCUT2D eigenvalue weighted by Gasteiger charge is 2.22. The largest absolute Gasteiger partial charge is 0.334 e. The van der Waals surface area contributed by atoms with Crippen LogP contribution in [0.2, 0.25) is 0 Å². The smallest absolute Gasteiger partial charge is 0.0948 e.